The molecule has 1 saturated heterocycles. The van der Waals surface area contributed by atoms with Gasteiger partial charge in [-0.2, -0.15) is 0 Å². The number of nitrogens with zero attached hydrogens (tertiary/aromatic N) is 1. The minimum atomic E-state index is 0.472. The molecule has 1 heterocycles. The summed E-state index contributed by atoms with van der Waals surface area (Å²) in [6.45, 7) is 11.0. The Hall–Kier alpha value is -1.02. The summed E-state index contributed by atoms with van der Waals surface area (Å²) in [6.07, 6.45) is 6.55. The van der Waals surface area contributed by atoms with E-state index in [1.54, 1.807) is 0 Å². The summed E-state index contributed by atoms with van der Waals surface area (Å²) in [4.78, 5) is 2.67. The van der Waals surface area contributed by atoms with E-state index in [-0.39, 0.29) is 0 Å². The summed E-state index contributed by atoms with van der Waals surface area (Å²) in [5.74, 6) is 0.889. The van der Waals surface area contributed by atoms with Crippen LogP contribution < -0.4 is 5.73 Å². The van der Waals surface area contributed by atoms with Gasteiger partial charge in [0.15, 0.2) is 0 Å². The van der Waals surface area contributed by atoms with Crippen molar-refractivity contribution in [3.05, 3.63) is 29.8 Å². The molecule has 1 aliphatic heterocycles. The first kappa shape index (κ1) is 16.4. The van der Waals surface area contributed by atoms with Crippen molar-refractivity contribution < 1.29 is 0 Å². The Bertz CT molecular complexity index is 416. The Morgan fingerprint density at radius 1 is 1.10 bits per heavy atom. The maximum absolute atomic E-state index is 5.73. The fraction of sp³-hybridized carbons (Fsp3) is 0.684. The molecular weight excluding hydrogens is 256 g/mol. The molecule has 0 aliphatic carbocycles. The number of nitrogen functional groups attached to an aromatic ring is 1. The average molecular weight is 288 g/mol. The van der Waals surface area contributed by atoms with Gasteiger partial charge >= 0.3 is 0 Å². The highest BCUT2D eigenvalue weighted by Crippen LogP contribution is 2.34. The van der Waals surface area contributed by atoms with Crippen LogP contribution in [0.4, 0.5) is 5.69 Å². The van der Waals surface area contributed by atoms with E-state index in [4.69, 9.17) is 5.73 Å². The first-order valence-corrected chi connectivity index (χ1v) is 8.52. The highest BCUT2D eigenvalue weighted by atomic mass is 15.1. The Morgan fingerprint density at radius 3 is 2.48 bits per heavy atom. The lowest BCUT2D eigenvalue weighted by atomic mass is 9.77. The second kappa shape index (κ2) is 7.31. The molecule has 1 unspecified atom stereocenters. The minimum absolute atomic E-state index is 0.472. The molecule has 1 aromatic carbocycles. The van der Waals surface area contributed by atoms with Crippen LogP contribution in [0.1, 0.15) is 52.0 Å². The highest BCUT2D eigenvalue weighted by Gasteiger charge is 2.26. The number of hydrogen-bond acceptors (Lipinski definition) is 2. The number of rotatable bonds is 4. The van der Waals surface area contributed by atoms with E-state index in [9.17, 15) is 0 Å². The van der Waals surface area contributed by atoms with Crippen LogP contribution in [0.2, 0.25) is 0 Å². The van der Waals surface area contributed by atoms with Crippen LogP contribution in [0.3, 0.4) is 0 Å². The lowest BCUT2D eigenvalue weighted by molar-refractivity contribution is 0.207. The lowest BCUT2D eigenvalue weighted by Crippen LogP contribution is -2.27. The third-order valence-electron chi connectivity index (χ3n) is 4.96. The van der Waals surface area contributed by atoms with Crippen LogP contribution >= 0.6 is 0 Å². The molecule has 0 aromatic heterocycles. The second-order valence-electron chi connectivity index (χ2n) is 7.68. The van der Waals surface area contributed by atoms with Crippen LogP contribution in [0.5, 0.6) is 0 Å². The fourth-order valence-corrected chi connectivity index (χ4v) is 3.44. The largest absolute Gasteiger partial charge is 0.399 e. The molecule has 0 spiro atoms. The number of aryl methyl sites for hydroxylation is 1. The van der Waals surface area contributed by atoms with E-state index < -0.39 is 0 Å². The molecule has 1 aromatic rings. The lowest BCUT2D eigenvalue weighted by Gasteiger charge is -2.29. The molecule has 21 heavy (non-hydrogen) atoms. The highest BCUT2D eigenvalue weighted by molar-refractivity contribution is 5.39. The number of nitrogens with two attached hydrogens (primary N) is 1. The maximum Gasteiger partial charge on any atom is 0.0314 e. The first-order valence-electron chi connectivity index (χ1n) is 8.52. The normalized spacial score (nSPS) is 21.2. The summed E-state index contributed by atoms with van der Waals surface area (Å²) >= 11 is 0. The number of likely N-dealkylation sites (tertiary alicyclic amines) is 1. The zero-order valence-corrected chi connectivity index (χ0v) is 14.1. The van der Waals surface area contributed by atoms with Crippen molar-refractivity contribution in [1.82, 2.24) is 4.90 Å². The van der Waals surface area contributed by atoms with Gasteiger partial charge in [0.25, 0.3) is 0 Å². The van der Waals surface area contributed by atoms with Crippen LogP contribution in [-0.4, -0.2) is 24.5 Å². The van der Waals surface area contributed by atoms with Crippen LogP contribution in [0, 0.1) is 11.3 Å². The van der Waals surface area contributed by atoms with Gasteiger partial charge in [0.05, 0.1) is 0 Å². The van der Waals surface area contributed by atoms with Crippen LogP contribution in [0.15, 0.2) is 24.3 Å². The number of anilines is 1. The maximum atomic E-state index is 5.73. The van der Waals surface area contributed by atoms with E-state index in [0.717, 1.165) is 11.6 Å². The first-order chi connectivity index (χ1) is 9.95. The summed E-state index contributed by atoms with van der Waals surface area (Å²) < 4.78 is 0. The molecule has 2 heteroatoms. The standard InChI is InChI=1S/C19H32N2/c1-19(2,3)17-7-5-14-21(15-12-17)13-4-6-16-8-10-18(20)11-9-16/h8-11,17H,4-7,12-15,20H2,1-3H3. The zero-order chi connectivity index (χ0) is 15.3. The zero-order valence-electron chi connectivity index (χ0n) is 14.1. The van der Waals surface area contributed by atoms with Gasteiger partial charge in [-0.3, -0.25) is 0 Å². The SMILES string of the molecule is CC(C)(C)C1CCCN(CCCc2ccc(N)cc2)CC1. The Morgan fingerprint density at radius 2 is 1.81 bits per heavy atom. The molecule has 2 nitrogen and oxygen atoms in total. The molecule has 0 bridgehead atoms. The predicted octanol–water partition coefficient (Wildman–Crippen LogP) is 4.35. The molecule has 1 fully saturated rings. The van der Waals surface area contributed by atoms with Gasteiger partial charge in [-0.05, 0) is 80.8 Å². The monoisotopic (exact) mass is 288 g/mol. The molecule has 0 saturated carbocycles. The van der Waals surface area contributed by atoms with Crippen molar-refractivity contribution in [3.63, 3.8) is 0 Å². The molecule has 0 radical (unpaired) electrons. The molecule has 1 aliphatic rings. The fourth-order valence-electron chi connectivity index (χ4n) is 3.44. The van der Waals surface area contributed by atoms with Gasteiger partial charge in [-0.25, -0.2) is 0 Å². The predicted molar refractivity (Wildman–Crippen MR) is 92.4 cm³/mol. The van der Waals surface area contributed by atoms with Crippen molar-refractivity contribution in [3.8, 4) is 0 Å². The number of benzene rings is 1. The molecular formula is C19H32N2. The Kier molecular flexibility index (Phi) is 5.69. The Balaban J connectivity index is 1.73. The molecule has 0 amide bonds. The van der Waals surface area contributed by atoms with Gasteiger partial charge in [0, 0.05) is 5.69 Å². The van der Waals surface area contributed by atoms with Gasteiger partial charge in [0.2, 0.25) is 0 Å². The van der Waals surface area contributed by atoms with Crippen LogP contribution in [0.25, 0.3) is 0 Å². The van der Waals surface area contributed by atoms with Gasteiger partial charge in [0.1, 0.15) is 0 Å². The summed E-state index contributed by atoms with van der Waals surface area (Å²) in [7, 11) is 0. The van der Waals surface area contributed by atoms with E-state index >= 15 is 0 Å². The molecule has 1 atom stereocenters. The molecule has 2 rings (SSSR count). The van der Waals surface area contributed by atoms with Crippen molar-refractivity contribution in [2.45, 2.75) is 52.9 Å². The summed E-state index contributed by atoms with van der Waals surface area (Å²) in [6, 6.07) is 8.34. The molecule has 2 N–H and O–H groups in total. The average Bonchev–Trinajstić information content (AvgIpc) is 2.66. The minimum Gasteiger partial charge on any atom is -0.399 e. The van der Waals surface area contributed by atoms with Crippen molar-refractivity contribution in [2.75, 3.05) is 25.4 Å². The van der Waals surface area contributed by atoms with Crippen molar-refractivity contribution in [1.29, 1.82) is 0 Å². The topological polar surface area (TPSA) is 29.3 Å². The van der Waals surface area contributed by atoms with Crippen molar-refractivity contribution >= 4 is 5.69 Å². The van der Waals surface area contributed by atoms with E-state index in [1.165, 1.54) is 57.3 Å². The van der Waals surface area contributed by atoms with Gasteiger partial charge < -0.3 is 10.6 Å². The van der Waals surface area contributed by atoms with E-state index in [2.05, 4.69) is 37.8 Å². The van der Waals surface area contributed by atoms with Gasteiger partial charge in [-0.1, -0.05) is 32.9 Å². The number of hydrogen-bond donors (Lipinski definition) is 1. The smallest absolute Gasteiger partial charge is 0.0314 e. The van der Waals surface area contributed by atoms with E-state index in [0.29, 0.717) is 5.41 Å². The second-order valence-corrected chi connectivity index (χ2v) is 7.68. The summed E-state index contributed by atoms with van der Waals surface area (Å²) in [5.41, 5.74) is 8.47. The van der Waals surface area contributed by atoms with Crippen molar-refractivity contribution in [2.24, 2.45) is 11.3 Å². The van der Waals surface area contributed by atoms with Gasteiger partial charge in [-0.15, -0.1) is 0 Å². The van der Waals surface area contributed by atoms with Crippen LogP contribution in [-0.2, 0) is 6.42 Å². The quantitative estimate of drug-likeness (QED) is 0.835. The van der Waals surface area contributed by atoms with E-state index in [1.807, 2.05) is 12.1 Å². The molecule has 118 valence electrons. The third-order valence-corrected chi connectivity index (χ3v) is 4.96. The third kappa shape index (κ3) is 5.35. The Labute approximate surface area is 130 Å². The summed E-state index contributed by atoms with van der Waals surface area (Å²) in [5, 5.41) is 0.